The summed E-state index contributed by atoms with van der Waals surface area (Å²) in [6.07, 6.45) is 5.39. The van der Waals surface area contributed by atoms with E-state index in [4.69, 9.17) is 6.42 Å². The Morgan fingerprint density at radius 2 is 2.07 bits per heavy atom. The van der Waals surface area contributed by atoms with E-state index in [-0.39, 0.29) is 5.54 Å². The van der Waals surface area contributed by atoms with Gasteiger partial charge in [-0.05, 0) is 48.1 Å². The summed E-state index contributed by atoms with van der Waals surface area (Å²) in [5.74, 6) is 2.72. The molecule has 0 aliphatic rings. The highest BCUT2D eigenvalue weighted by molar-refractivity contribution is 14.1. The van der Waals surface area contributed by atoms with E-state index in [0.717, 1.165) is 6.54 Å². The summed E-state index contributed by atoms with van der Waals surface area (Å²) in [6.45, 7) is 4.82. The van der Waals surface area contributed by atoms with Gasteiger partial charge in [0.1, 0.15) is 0 Å². The normalized spacial score (nSPS) is 11.0. The molecule has 0 saturated heterocycles. The predicted octanol–water partition coefficient (Wildman–Crippen LogP) is 2.79. The first-order valence-electron chi connectivity index (χ1n) is 4.51. The zero-order valence-electron chi connectivity index (χ0n) is 8.47. The van der Waals surface area contributed by atoms with Crippen LogP contribution in [0.1, 0.15) is 19.4 Å². The summed E-state index contributed by atoms with van der Waals surface area (Å²) < 4.78 is 1.27. The topological polar surface area (TPSA) is 12.0 Å². The second-order valence-corrected chi connectivity index (χ2v) is 4.88. The van der Waals surface area contributed by atoms with Gasteiger partial charge in [0.2, 0.25) is 0 Å². The Morgan fingerprint density at radius 1 is 1.43 bits per heavy atom. The first kappa shape index (κ1) is 11.5. The van der Waals surface area contributed by atoms with Crippen molar-refractivity contribution in [3.8, 4) is 12.3 Å². The van der Waals surface area contributed by atoms with E-state index in [0.29, 0.717) is 0 Å². The molecule has 1 N–H and O–H groups in total. The number of terminal acetylenes is 1. The third-order valence-electron chi connectivity index (χ3n) is 2.04. The Balaban J connectivity index is 2.64. The maximum atomic E-state index is 5.39. The molecule has 1 rings (SSSR count). The summed E-state index contributed by atoms with van der Waals surface area (Å²) in [6, 6.07) is 8.29. The van der Waals surface area contributed by atoms with E-state index in [2.05, 4.69) is 46.0 Å². The van der Waals surface area contributed by atoms with Gasteiger partial charge in [0.25, 0.3) is 0 Å². The van der Waals surface area contributed by atoms with Gasteiger partial charge in [-0.3, -0.25) is 5.32 Å². The van der Waals surface area contributed by atoms with Gasteiger partial charge in [0, 0.05) is 10.1 Å². The molecule has 0 radical (unpaired) electrons. The van der Waals surface area contributed by atoms with Crippen molar-refractivity contribution >= 4 is 22.6 Å². The van der Waals surface area contributed by atoms with Crippen molar-refractivity contribution in [1.29, 1.82) is 0 Å². The van der Waals surface area contributed by atoms with Crippen LogP contribution in [0.15, 0.2) is 24.3 Å². The van der Waals surface area contributed by atoms with Crippen LogP contribution < -0.4 is 5.32 Å². The molecule has 14 heavy (non-hydrogen) atoms. The van der Waals surface area contributed by atoms with Crippen LogP contribution in [-0.4, -0.2) is 5.54 Å². The van der Waals surface area contributed by atoms with Crippen LogP contribution in [0.3, 0.4) is 0 Å². The SMILES string of the molecule is C#CC(C)(C)NCc1ccccc1I. The fraction of sp³-hybridized carbons (Fsp3) is 0.333. The fourth-order valence-corrected chi connectivity index (χ4v) is 1.59. The Kier molecular flexibility index (Phi) is 3.97. The lowest BCUT2D eigenvalue weighted by atomic mass is 10.1. The molecule has 0 aromatic heterocycles. The molecule has 0 saturated carbocycles. The number of halogens is 1. The molecule has 1 aromatic rings. The molecular formula is C12H14IN. The first-order chi connectivity index (χ1) is 6.55. The van der Waals surface area contributed by atoms with Gasteiger partial charge in [0.05, 0.1) is 5.54 Å². The highest BCUT2D eigenvalue weighted by Gasteiger charge is 2.12. The van der Waals surface area contributed by atoms with E-state index >= 15 is 0 Å². The predicted molar refractivity (Wildman–Crippen MR) is 68.9 cm³/mol. The molecule has 0 aliphatic carbocycles. The maximum Gasteiger partial charge on any atom is 0.0743 e. The summed E-state index contributed by atoms with van der Waals surface area (Å²) in [5.41, 5.74) is 1.05. The van der Waals surface area contributed by atoms with E-state index in [9.17, 15) is 0 Å². The minimum Gasteiger partial charge on any atom is -0.297 e. The van der Waals surface area contributed by atoms with Crippen LogP contribution in [0.4, 0.5) is 0 Å². The van der Waals surface area contributed by atoms with Crippen molar-refractivity contribution in [1.82, 2.24) is 5.32 Å². The van der Waals surface area contributed by atoms with E-state index < -0.39 is 0 Å². The van der Waals surface area contributed by atoms with E-state index in [1.807, 2.05) is 26.0 Å². The molecule has 1 nitrogen and oxygen atoms in total. The molecule has 0 heterocycles. The van der Waals surface area contributed by atoms with E-state index in [1.165, 1.54) is 9.13 Å². The molecule has 0 atom stereocenters. The molecule has 0 amide bonds. The average molecular weight is 299 g/mol. The van der Waals surface area contributed by atoms with Gasteiger partial charge in [0.15, 0.2) is 0 Å². The second kappa shape index (κ2) is 4.81. The van der Waals surface area contributed by atoms with E-state index in [1.54, 1.807) is 0 Å². The van der Waals surface area contributed by atoms with Crippen LogP contribution >= 0.6 is 22.6 Å². The van der Waals surface area contributed by atoms with Gasteiger partial charge in [-0.25, -0.2) is 0 Å². The number of benzene rings is 1. The molecule has 0 fully saturated rings. The van der Waals surface area contributed by atoms with Crippen molar-refractivity contribution < 1.29 is 0 Å². The molecule has 0 aliphatic heterocycles. The summed E-state index contributed by atoms with van der Waals surface area (Å²) >= 11 is 2.33. The number of hydrogen-bond acceptors (Lipinski definition) is 1. The van der Waals surface area contributed by atoms with Crippen LogP contribution in [-0.2, 0) is 6.54 Å². The Hall–Kier alpha value is -0.530. The maximum absolute atomic E-state index is 5.39. The Morgan fingerprint density at radius 3 is 2.64 bits per heavy atom. The smallest absolute Gasteiger partial charge is 0.0743 e. The Bertz CT molecular complexity index is 350. The van der Waals surface area contributed by atoms with Crippen LogP contribution in [0.25, 0.3) is 0 Å². The third-order valence-corrected chi connectivity index (χ3v) is 3.09. The average Bonchev–Trinajstić information content (AvgIpc) is 2.17. The zero-order valence-corrected chi connectivity index (χ0v) is 10.6. The van der Waals surface area contributed by atoms with Crippen LogP contribution in [0, 0.1) is 15.9 Å². The molecule has 2 heteroatoms. The molecule has 74 valence electrons. The highest BCUT2D eigenvalue weighted by atomic mass is 127. The van der Waals surface area contributed by atoms with Crippen molar-refractivity contribution in [2.45, 2.75) is 25.9 Å². The standard InChI is InChI=1S/C12H14IN/c1-4-12(2,3)14-9-10-7-5-6-8-11(10)13/h1,5-8,14H,9H2,2-3H3. The van der Waals surface area contributed by atoms with Gasteiger partial charge >= 0.3 is 0 Å². The quantitative estimate of drug-likeness (QED) is 0.668. The first-order valence-corrected chi connectivity index (χ1v) is 5.59. The van der Waals surface area contributed by atoms with Gasteiger partial charge < -0.3 is 0 Å². The zero-order chi connectivity index (χ0) is 10.6. The fourth-order valence-electron chi connectivity index (χ4n) is 1.01. The van der Waals surface area contributed by atoms with Crippen LogP contribution in [0.5, 0.6) is 0 Å². The van der Waals surface area contributed by atoms with Crippen molar-refractivity contribution in [2.75, 3.05) is 0 Å². The summed E-state index contributed by atoms with van der Waals surface area (Å²) in [5, 5.41) is 3.32. The molecule has 0 unspecified atom stereocenters. The molecular weight excluding hydrogens is 285 g/mol. The monoisotopic (exact) mass is 299 g/mol. The summed E-state index contributed by atoms with van der Waals surface area (Å²) in [4.78, 5) is 0. The molecule has 0 spiro atoms. The lowest BCUT2D eigenvalue weighted by Crippen LogP contribution is -2.37. The number of nitrogens with one attached hydrogen (secondary N) is 1. The van der Waals surface area contributed by atoms with Crippen LogP contribution in [0.2, 0.25) is 0 Å². The highest BCUT2D eigenvalue weighted by Crippen LogP contribution is 2.12. The lowest BCUT2D eigenvalue weighted by molar-refractivity contribution is 0.490. The van der Waals surface area contributed by atoms with Gasteiger partial charge in [-0.2, -0.15) is 0 Å². The molecule has 1 aromatic carbocycles. The second-order valence-electron chi connectivity index (χ2n) is 3.71. The summed E-state index contributed by atoms with van der Waals surface area (Å²) in [7, 11) is 0. The Labute approximate surface area is 99.4 Å². The van der Waals surface area contributed by atoms with Crippen molar-refractivity contribution in [3.63, 3.8) is 0 Å². The molecule has 0 bridgehead atoms. The third kappa shape index (κ3) is 3.32. The van der Waals surface area contributed by atoms with Gasteiger partial charge in [-0.15, -0.1) is 6.42 Å². The van der Waals surface area contributed by atoms with Gasteiger partial charge in [-0.1, -0.05) is 24.1 Å². The van der Waals surface area contributed by atoms with Crippen molar-refractivity contribution in [3.05, 3.63) is 33.4 Å². The number of rotatable bonds is 3. The van der Waals surface area contributed by atoms with Crippen molar-refractivity contribution in [2.24, 2.45) is 0 Å². The lowest BCUT2D eigenvalue weighted by Gasteiger charge is -2.19. The largest absolute Gasteiger partial charge is 0.297 e. The number of hydrogen-bond donors (Lipinski definition) is 1. The minimum absolute atomic E-state index is 0.237. The minimum atomic E-state index is -0.237.